The number of amides is 2. The molecule has 5 aromatic rings. The quantitative estimate of drug-likeness (QED) is 0.183. The highest BCUT2D eigenvalue weighted by Gasteiger charge is 2.23. The third-order valence-electron chi connectivity index (χ3n) is 5.98. The number of rotatable bonds is 9. The van der Waals surface area contributed by atoms with Crippen LogP contribution in [0.3, 0.4) is 0 Å². The Balaban J connectivity index is 1.36. The number of hydrogen-bond donors (Lipinski definition) is 2. The summed E-state index contributed by atoms with van der Waals surface area (Å²) in [6.07, 6.45) is 0. The summed E-state index contributed by atoms with van der Waals surface area (Å²) in [6.45, 7) is 4.44. The molecule has 196 valence electrons. The van der Waals surface area contributed by atoms with Crippen molar-refractivity contribution in [1.82, 2.24) is 4.98 Å². The summed E-state index contributed by atoms with van der Waals surface area (Å²) in [6, 6.07) is 30.4. The van der Waals surface area contributed by atoms with Crippen LogP contribution in [0.15, 0.2) is 102 Å². The van der Waals surface area contributed by atoms with E-state index in [9.17, 15) is 9.59 Å². The van der Waals surface area contributed by atoms with E-state index in [1.54, 1.807) is 6.07 Å². The minimum atomic E-state index is -0.528. The highest BCUT2D eigenvalue weighted by molar-refractivity contribution is 8.00. The minimum absolute atomic E-state index is 0.170. The van der Waals surface area contributed by atoms with E-state index in [4.69, 9.17) is 4.74 Å². The van der Waals surface area contributed by atoms with Gasteiger partial charge in [-0.2, -0.15) is 0 Å². The third kappa shape index (κ3) is 6.47. The van der Waals surface area contributed by atoms with Gasteiger partial charge in [0, 0.05) is 16.1 Å². The average molecular weight is 554 g/mol. The number of carbonyl (C=O) groups excluding carboxylic acids is 2. The number of aryl methyl sites for hydroxylation is 1. The van der Waals surface area contributed by atoms with Crippen LogP contribution in [0.25, 0.3) is 10.2 Å². The van der Waals surface area contributed by atoms with E-state index in [0.29, 0.717) is 23.0 Å². The topological polar surface area (TPSA) is 80.3 Å². The van der Waals surface area contributed by atoms with Crippen molar-refractivity contribution in [3.63, 3.8) is 0 Å². The third-order valence-corrected chi connectivity index (χ3v) is 8.16. The van der Waals surface area contributed by atoms with E-state index in [0.717, 1.165) is 32.0 Å². The maximum absolute atomic E-state index is 13.6. The Morgan fingerprint density at radius 2 is 1.72 bits per heavy atom. The fraction of sp³-hybridized carbons (Fsp3) is 0.129. The van der Waals surface area contributed by atoms with E-state index in [-0.39, 0.29) is 11.8 Å². The number of benzene rings is 4. The SMILES string of the molecule is CCOc1ccc2nc(NC(=O)C(Sc3cccc(NC(=O)c4ccccc4C)c3)c3ccccc3)sc2c1. The van der Waals surface area contributed by atoms with Crippen LogP contribution >= 0.6 is 23.1 Å². The summed E-state index contributed by atoms with van der Waals surface area (Å²) in [7, 11) is 0. The zero-order chi connectivity index (χ0) is 27.2. The predicted octanol–water partition coefficient (Wildman–Crippen LogP) is 7.73. The molecule has 0 fully saturated rings. The van der Waals surface area contributed by atoms with Gasteiger partial charge in [0.1, 0.15) is 11.0 Å². The Hall–Kier alpha value is -4.14. The number of nitrogens with zero attached hydrogens (tertiary/aromatic N) is 1. The van der Waals surface area contributed by atoms with Crippen LogP contribution in [0.1, 0.15) is 33.7 Å². The molecule has 1 atom stereocenters. The number of hydrogen-bond acceptors (Lipinski definition) is 6. The molecule has 0 aliphatic rings. The van der Waals surface area contributed by atoms with Crippen molar-refractivity contribution in [2.75, 3.05) is 17.2 Å². The molecule has 0 aliphatic carbocycles. The van der Waals surface area contributed by atoms with Gasteiger partial charge in [-0.1, -0.05) is 65.9 Å². The van der Waals surface area contributed by atoms with Crippen LogP contribution < -0.4 is 15.4 Å². The summed E-state index contributed by atoms with van der Waals surface area (Å²) in [4.78, 5) is 31.9. The molecule has 2 amide bonds. The number of thiazole rings is 1. The normalized spacial score (nSPS) is 11.6. The molecule has 0 radical (unpaired) electrons. The number of aromatic nitrogens is 1. The molecule has 4 aromatic carbocycles. The lowest BCUT2D eigenvalue weighted by Crippen LogP contribution is -2.19. The molecule has 0 saturated carbocycles. The molecule has 39 heavy (non-hydrogen) atoms. The smallest absolute Gasteiger partial charge is 0.255 e. The van der Waals surface area contributed by atoms with Crippen molar-refractivity contribution >= 4 is 55.9 Å². The number of fused-ring (bicyclic) bond motifs is 1. The molecule has 0 bridgehead atoms. The van der Waals surface area contributed by atoms with Crippen molar-refractivity contribution in [3.8, 4) is 5.75 Å². The van der Waals surface area contributed by atoms with Crippen LogP contribution in [0.4, 0.5) is 10.8 Å². The maximum atomic E-state index is 13.6. The Bertz CT molecular complexity index is 1620. The lowest BCUT2D eigenvalue weighted by molar-refractivity contribution is -0.115. The molecule has 5 rings (SSSR count). The number of ether oxygens (including phenoxy) is 1. The van der Waals surface area contributed by atoms with E-state index in [1.165, 1.54) is 23.1 Å². The molecule has 6 nitrogen and oxygen atoms in total. The van der Waals surface area contributed by atoms with Crippen LogP contribution in [0, 0.1) is 6.92 Å². The molecule has 1 unspecified atom stereocenters. The van der Waals surface area contributed by atoms with Crippen LogP contribution in [-0.2, 0) is 4.79 Å². The first kappa shape index (κ1) is 26.5. The maximum Gasteiger partial charge on any atom is 0.255 e. The van der Waals surface area contributed by atoms with Gasteiger partial charge in [0.2, 0.25) is 5.91 Å². The van der Waals surface area contributed by atoms with Gasteiger partial charge in [-0.3, -0.25) is 9.59 Å². The molecule has 2 N–H and O–H groups in total. The highest BCUT2D eigenvalue weighted by atomic mass is 32.2. The van der Waals surface area contributed by atoms with Gasteiger partial charge < -0.3 is 15.4 Å². The minimum Gasteiger partial charge on any atom is -0.494 e. The van der Waals surface area contributed by atoms with Crippen molar-refractivity contribution < 1.29 is 14.3 Å². The van der Waals surface area contributed by atoms with Crippen molar-refractivity contribution in [2.45, 2.75) is 24.0 Å². The molecule has 0 saturated heterocycles. The Morgan fingerprint density at radius 3 is 2.51 bits per heavy atom. The molecular formula is C31H27N3O3S2. The van der Waals surface area contributed by atoms with Gasteiger partial charge in [0.25, 0.3) is 5.91 Å². The van der Waals surface area contributed by atoms with Crippen molar-refractivity contribution in [3.05, 3.63) is 114 Å². The lowest BCUT2D eigenvalue weighted by atomic mass is 10.1. The van der Waals surface area contributed by atoms with Gasteiger partial charge in [0.15, 0.2) is 5.13 Å². The van der Waals surface area contributed by atoms with Gasteiger partial charge in [-0.25, -0.2) is 4.98 Å². The zero-order valence-corrected chi connectivity index (χ0v) is 23.1. The number of carbonyl (C=O) groups is 2. The first-order valence-electron chi connectivity index (χ1n) is 12.5. The first-order valence-corrected chi connectivity index (χ1v) is 14.2. The predicted molar refractivity (Wildman–Crippen MR) is 160 cm³/mol. The standard InChI is InChI=1S/C31H27N3O3S2/c1-3-37-23-16-17-26-27(19-23)39-31(33-26)34-30(36)28(21-11-5-4-6-12-21)38-24-14-9-13-22(18-24)32-29(35)25-15-8-7-10-20(25)2/h4-19,28H,3H2,1-2H3,(H,32,35)(H,33,34,36). The Kier molecular flexibility index (Phi) is 8.24. The van der Waals surface area contributed by atoms with Crippen molar-refractivity contribution in [2.24, 2.45) is 0 Å². The largest absolute Gasteiger partial charge is 0.494 e. The summed E-state index contributed by atoms with van der Waals surface area (Å²) in [5.74, 6) is 0.430. The van der Waals surface area contributed by atoms with Crippen molar-refractivity contribution in [1.29, 1.82) is 0 Å². The van der Waals surface area contributed by atoms with Gasteiger partial charge in [0.05, 0.1) is 16.8 Å². The monoisotopic (exact) mass is 553 g/mol. The summed E-state index contributed by atoms with van der Waals surface area (Å²) < 4.78 is 6.54. The summed E-state index contributed by atoms with van der Waals surface area (Å²) in [5.41, 5.74) is 3.87. The van der Waals surface area contributed by atoms with E-state index >= 15 is 0 Å². The molecule has 0 aliphatic heterocycles. The average Bonchev–Trinajstić information content (AvgIpc) is 3.34. The second kappa shape index (κ2) is 12.1. The number of anilines is 2. The zero-order valence-electron chi connectivity index (χ0n) is 21.5. The summed E-state index contributed by atoms with van der Waals surface area (Å²) >= 11 is 2.83. The molecule has 0 spiro atoms. The second-order valence-electron chi connectivity index (χ2n) is 8.78. The highest BCUT2D eigenvalue weighted by Crippen LogP contribution is 2.38. The van der Waals surface area contributed by atoms with Crippen LogP contribution in [-0.4, -0.2) is 23.4 Å². The van der Waals surface area contributed by atoms with Gasteiger partial charge >= 0.3 is 0 Å². The van der Waals surface area contributed by atoms with Crippen LogP contribution in [0.2, 0.25) is 0 Å². The molecule has 1 heterocycles. The van der Waals surface area contributed by atoms with E-state index in [2.05, 4.69) is 15.6 Å². The fourth-order valence-corrected chi connectivity index (χ4v) is 6.08. The molecule has 8 heteroatoms. The Labute approximate surface area is 235 Å². The van der Waals surface area contributed by atoms with Crippen LogP contribution in [0.5, 0.6) is 5.75 Å². The van der Waals surface area contributed by atoms with E-state index in [1.807, 2.05) is 105 Å². The van der Waals surface area contributed by atoms with Gasteiger partial charge in [-0.05, 0) is 67.4 Å². The summed E-state index contributed by atoms with van der Waals surface area (Å²) in [5, 5.41) is 6.00. The second-order valence-corrected chi connectivity index (χ2v) is 11.0. The molecule has 1 aromatic heterocycles. The Morgan fingerprint density at radius 1 is 0.923 bits per heavy atom. The van der Waals surface area contributed by atoms with E-state index < -0.39 is 5.25 Å². The number of thioether (sulfide) groups is 1. The van der Waals surface area contributed by atoms with Gasteiger partial charge in [-0.15, -0.1) is 11.8 Å². The molecular weight excluding hydrogens is 526 g/mol. The number of nitrogens with one attached hydrogen (secondary N) is 2. The fourth-order valence-electron chi connectivity index (χ4n) is 4.10. The first-order chi connectivity index (χ1) is 19.0. The lowest BCUT2D eigenvalue weighted by Gasteiger charge is -2.17.